The number of piperazine rings is 1. The van der Waals surface area contributed by atoms with Crippen LogP contribution in [0.4, 0.5) is 0 Å². The molecule has 1 aromatic carbocycles. The summed E-state index contributed by atoms with van der Waals surface area (Å²) in [7, 11) is 0. The highest BCUT2D eigenvalue weighted by atomic mass is 16.7. The normalized spacial score (nSPS) is 17.1. The molecule has 0 spiro atoms. The molecule has 7 nitrogen and oxygen atoms in total. The molecule has 1 aromatic rings. The van der Waals surface area contributed by atoms with Crippen molar-refractivity contribution in [1.29, 1.82) is 0 Å². The van der Waals surface area contributed by atoms with Gasteiger partial charge in [0.25, 0.3) is 0 Å². The van der Waals surface area contributed by atoms with E-state index in [0.29, 0.717) is 19.6 Å². The van der Waals surface area contributed by atoms with Gasteiger partial charge in [-0.2, -0.15) is 0 Å². The van der Waals surface area contributed by atoms with Crippen LogP contribution in [0, 0.1) is 5.41 Å². The third-order valence-corrected chi connectivity index (χ3v) is 5.14. The summed E-state index contributed by atoms with van der Waals surface area (Å²) in [5, 5.41) is 2.84. The van der Waals surface area contributed by atoms with Gasteiger partial charge in [0.1, 0.15) is 5.41 Å². The molecule has 2 aliphatic heterocycles. The predicted octanol–water partition coefficient (Wildman–Crippen LogP) is 1.61. The topological polar surface area (TPSA) is 71.1 Å². The van der Waals surface area contributed by atoms with E-state index in [9.17, 15) is 9.59 Å². The number of nitrogens with zero attached hydrogens (tertiary/aromatic N) is 2. The Balaban J connectivity index is 1.52. The fourth-order valence-electron chi connectivity index (χ4n) is 3.36. The van der Waals surface area contributed by atoms with Crippen LogP contribution in [0.5, 0.6) is 11.5 Å². The lowest BCUT2D eigenvalue weighted by atomic mass is 9.90. The van der Waals surface area contributed by atoms with Gasteiger partial charge in [-0.05, 0) is 38.0 Å². The summed E-state index contributed by atoms with van der Waals surface area (Å²) in [6.45, 7) is 9.92. The molecule has 2 amide bonds. The number of carbonyl (C=O) groups is 2. The van der Waals surface area contributed by atoms with Gasteiger partial charge in [0.2, 0.25) is 18.6 Å². The maximum Gasteiger partial charge on any atom is 0.237 e. The Bertz CT molecular complexity index is 696. The van der Waals surface area contributed by atoms with E-state index in [2.05, 4.69) is 10.2 Å². The molecule has 1 fully saturated rings. The van der Waals surface area contributed by atoms with Crippen LogP contribution in [0.3, 0.4) is 0 Å². The Morgan fingerprint density at radius 2 is 1.81 bits per heavy atom. The second-order valence-corrected chi connectivity index (χ2v) is 7.64. The molecule has 0 aromatic heterocycles. The molecular formula is C20H29N3O4. The number of amides is 2. The van der Waals surface area contributed by atoms with Crippen LogP contribution >= 0.6 is 0 Å². The van der Waals surface area contributed by atoms with E-state index in [1.807, 2.05) is 30.0 Å². The van der Waals surface area contributed by atoms with Crippen molar-refractivity contribution in [2.45, 2.75) is 33.7 Å². The lowest BCUT2D eigenvalue weighted by Gasteiger charge is -2.38. The van der Waals surface area contributed by atoms with Gasteiger partial charge in [0.15, 0.2) is 11.5 Å². The molecule has 148 valence electrons. The maximum atomic E-state index is 12.8. The maximum absolute atomic E-state index is 12.8. The van der Waals surface area contributed by atoms with Crippen molar-refractivity contribution in [3.05, 3.63) is 23.8 Å². The highest BCUT2D eigenvalue weighted by Gasteiger charge is 2.39. The van der Waals surface area contributed by atoms with Crippen molar-refractivity contribution < 1.29 is 19.1 Å². The first-order chi connectivity index (χ1) is 12.9. The summed E-state index contributed by atoms with van der Waals surface area (Å²) in [5.41, 5.74) is 0.132. The van der Waals surface area contributed by atoms with E-state index in [-0.39, 0.29) is 18.6 Å². The van der Waals surface area contributed by atoms with Gasteiger partial charge in [-0.3, -0.25) is 14.5 Å². The van der Waals surface area contributed by atoms with Crippen molar-refractivity contribution in [1.82, 2.24) is 15.1 Å². The zero-order valence-electron chi connectivity index (χ0n) is 16.4. The van der Waals surface area contributed by atoms with E-state index in [1.54, 1.807) is 13.8 Å². The van der Waals surface area contributed by atoms with E-state index in [1.165, 1.54) is 5.56 Å². The number of hydrogen-bond donors (Lipinski definition) is 1. The van der Waals surface area contributed by atoms with Crippen molar-refractivity contribution in [3.8, 4) is 11.5 Å². The first-order valence-electron chi connectivity index (χ1n) is 9.60. The number of hydrogen-bond acceptors (Lipinski definition) is 5. The second kappa shape index (κ2) is 8.17. The van der Waals surface area contributed by atoms with Crippen molar-refractivity contribution >= 4 is 11.8 Å². The van der Waals surface area contributed by atoms with Crippen molar-refractivity contribution in [2.24, 2.45) is 5.41 Å². The first kappa shape index (κ1) is 19.5. The van der Waals surface area contributed by atoms with Gasteiger partial charge in [0.05, 0.1) is 0 Å². The number of ether oxygens (including phenoxy) is 2. The van der Waals surface area contributed by atoms with Crippen LogP contribution in [0.1, 0.15) is 32.8 Å². The zero-order valence-corrected chi connectivity index (χ0v) is 16.4. The van der Waals surface area contributed by atoms with Crippen LogP contribution in [0.15, 0.2) is 18.2 Å². The molecular weight excluding hydrogens is 346 g/mol. The lowest BCUT2D eigenvalue weighted by molar-refractivity contribution is -0.149. The van der Waals surface area contributed by atoms with Crippen LogP contribution in [0.25, 0.3) is 0 Å². The minimum atomic E-state index is -1.03. The fraction of sp³-hybridized carbons (Fsp3) is 0.600. The third-order valence-electron chi connectivity index (χ3n) is 5.14. The molecule has 1 saturated heterocycles. The SMILES string of the molecule is CCCNC(=O)C(C)(C)C(=O)N1CCN(Cc2ccc3c(c2)OCO3)CC1. The molecule has 2 aliphatic rings. The van der Waals surface area contributed by atoms with Crippen LogP contribution < -0.4 is 14.8 Å². The first-order valence-corrected chi connectivity index (χ1v) is 9.60. The number of benzene rings is 1. The van der Waals surface area contributed by atoms with Gasteiger partial charge >= 0.3 is 0 Å². The average Bonchev–Trinajstić information content (AvgIpc) is 3.13. The van der Waals surface area contributed by atoms with E-state index < -0.39 is 5.41 Å². The Kier molecular flexibility index (Phi) is 5.89. The number of nitrogens with one attached hydrogen (secondary N) is 1. The van der Waals surface area contributed by atoms with E-state index in [0.717, 1.165) is 37.6 Å². The smallest absolute Gasteiger partial charge is 0.237 e. The minimum absolute atomic E-state index is 0.0983. The highest BCUT2D eigenvalue weighted by Crippen LogP contribution is 2.33. The fourth-order valence-corrected chi connectivity index (χ4v) is 3.36. The van der Waals surface area contributed by atoms with Crippen LogP contribution in [-0.4, -0.2) is 61.1 Å². The largest absolute Gasteiger partial charge is 0.454 e. The van der Waals surface area contributed by atoms with Crippen LogP contribution in [-0.2, 0) is 16.1 Å². The lowest BCUT2D eigenvalue weighted by Crippen LogP contribution is -2.55. The van der Waals surface area contributed by atoms with E-state index in [4.69, 9.17) is 9.47 Å². The molecule has 2 heterocycles. The molecule has 7 heteroatoms. The summed E-state index contributed by atoms with van der Waals surface area (Å²) in [5.74, 6) is 1.29. The highest BCUT2D eigenvalue weighted by molar-refractivity contribution is 6.04. The molecule has 0 unspecified atom stereocenters. The third kappa shape index (κ3) is 4.35. The van der Waals surface area contributed by atoms with Crippen molar-refractivity contribution in [2.75, 3.05) is 39.5 Å². The number of rotatable bonds is 6. The molecule has 0 saturated carbocycles. The molecule has 0 aliphatic carbocycles. The summed E-state index contributed by atoms with van der Waals surface area (Å²) in [6.07, 6.45) is 0.856. The van der Waals surface area contributed by atoms with Crippen LogP contribution in [0.2, 0.25) is 0 Å². The Morgan fingerprint density at radius 3 is 2.52 bits per heavy atom. The second-order valence-electron chi connectivity index (χ2n) is 7.64. The standard InChI is InChI=1S/C20H29N3O4/c1-4-7-21-18(24)20(2,3)19(25)23-10-8-22(9-11-23)13-15-5-6-16-17(12-15)27-14-26-16/h5-6,12H,4,7-11,13-14H2,1-3H3,(H,21,24). The van der Waals surface area contributed by atoms with Gasteiger partial charge in [-0.25, -0.2) is 0 Å². The average molecular weight is 375 g/mol. The van der Waals surface area contributed by atoms with Gasteiger partial charge in [-0.15, -0.1) is 0 Å². The van der Waals surface area contributed by atoms with Gasteiger partial charge < -0.3 is 19.7 Å². The van der Waals surface area contributed by atoms with Gasteiger partial charge in [0, 0.05) is 39.3 Å². The summed E-state index contributed by atoms with van der Waals surface area (Å²) < 4.78 is 10.8. The molecule has 3 rings (SSSR count). The summed E-state index contributed by atoms with van der Waals surface area (Å²) in [6, 6.07) is 6.00. The summed E-state index contributed by atoms with van der Waals surface area (Å²) >= 11 is 0. The molecule has 0 bridgehead atoms. The molecule has 1 N–H and O–H groups in total. The number of carbonyl (C=O) groups excluding carboxylic acids is 2. The zero-order chi connectivity index (χ0) is 19.4. The molecule has 0 atom stereocenters. The monoisotopic (exact) mass is 375 g/mol. The molecule has 0 radical (unpaired) electrons. The predicted molar refractivity (Wildman–Crippen MR) is 102 cm³/mol. The number of fused-ring (bicyclic) bond motifs is 1. The quantitative estimate of drug-likeness (QED) is 0.765. The van der Waals surface area contributed by atoms with E-state index >= 15 is 0 Å². The Morgan fingerprint density at radius 1 is 1.11 bits per heavy atom. The minimum Gasteiger partial charge on any atom is -0.454 e. The van der Waals surface area contributed by atoms with Gasteiger partial charge in [-0.1, -0.05) is 13.0 Å². The Hall–Kier alpha value is -2.28. The molecule has 27 heavy (non-hydrogen) atoms. The summed E-state index contributed by atoms with van der Waals surface area (Å²) in [4.78, 5) is 29.3. The van der Waals surface area contributed by atoms with Crippen molar-refractivity contribution in [3.63, 3.8) is 0 Å². The Labute approximate surface area is 160 Å².